The van der Waals surface area contributed by atoms with E-state index >= 15 is 0 Å². The van der Waals surface area contributed by atoms with E-state index in [9.17, 15) is 9.36 Å². The van der Waals surface area contributed by atoms with Crippen molar-refractivity contribution in [1.82, 2.24) is 0 Å². The van der Waals surface area contributed by atoms with Gasteiger partial charge in [0, 0.05) is 26.1 Å². The van der Waals surface area contributed by atoms with Crippen molar-refractivity contribution in [2.45, 2.75) is 13.8 Å². The second-order valence-electron chi connectivity index (χ2n) is 8.63. The molecule has 0 aliphatic rings. The molecular formula is C30H33O9PS. The molecule has 0 unspecified atom stereocenters. The number of hydrogen-bond donors (Lipinski definition) is 0. The summed E-state index contributed by atoms with van der Waals surface area (Å²) in [5, 5.41) is 1.02. The molecular weight excluding hydrogens is 567 g/mol. The van der Waals surface area contributed by atoms with Gasteiger partial charge in [0.2, 0.25) is 5.75 Å². The van der Waals surface area contributed by atoms with Gasteiger partial charge in [0.25, 0.3) is 0 Å². The Morgan fingerprint density at radius 1 is 0.756 bits per heavy atom. The van der Waals surface area contributed by atoms with Gasteiger partial charge >= 0.3 is 7.60 Å². The average Bonchev–Trinajstić information content (AvgIpc) is 3.38. The summed E-state index contributed by atoms with van der Waals surface area (Å²) in [6.07, 6.45) is 0. The van der Waals surface area contributed by atoms with Crippen molar-refractivity contribution in [2.24, 2.45) is 0 Å². The first-order valence-corrected chi connectivity index (χ1v) is 15.2. The first-order chi connectivity index (χ1) is 19.8. The van der Waals surface area contributed by atoms with Crippen LogP contribution in [-0.2, 0) is 13.6 Å². The number of carbonyl (C=O) groups is 1. The number of rotatable bonds is 13. The van der Waals surface area contributed by atoms with Crippen molar-refractivity contribution in [3.8, 4) is 39.2 Å². The summed E-state index contributed by atoms with van der Waals surface area (Å²) in [5.74, 6) is 1.86. The van der Waals surface area contributed by atoms with E-state index < -0.39 is 7.60 Å². The molecule has 0 saturated carbocycles. The van der Waals surface area contributed by atoms with E-state index in [0.29, 0.717) is 50.3 Å². The Morgan fingerprint density at radius 2 is 1.39 bits per heavy atom. The van der Waals surface area contributed by atoms with Gasteiger partial charge in [-0.1, -0.05) is 0 Å². The van der Waals surface area contributed by atoms with Crippen LogP contribution in [0.4, 0.5) is 0 Å². The fourth-order valence-corrected chi connectivity index (χ4v) is 7.54. The van der Waals surface area contributed by atoms with E-state index in [1.165, 1.54) is 39.8 Å². The van der Waals surface area contributed by atoms with Crippen LogP contribution in [0, 0.1) is 0 Å². The van der Waals surface area contributed by atoms with Gasteiger partial charge in [-0.05, 0) is 67.9 Å². The Morgan fingerprint density at radius 3 is 1.93 bits per heavy atom. The lowest BCUT2D eigenvalue weighted by atomic mass is 9.97. The minimum atomic E-state index is -3.72. The van der Waals surface area contributed by atoms with Crippen LogP contribution >= 0.6 is 18.9 Å². The molecule has 0 atom stereocenters. The van der Waals surface area contributed by atoms with Crippen LogP contribution in [0.2, 0.25) is 0 Å². The molecule has 218 valence electrons. The van der Waals surface area contributed by atoms with Gasteiger partial charge < -0.3 is 32.7 Å². The topological polar surface area (TPSA) is 98.8 Å². The highest BCUT2D eigenvalue weighted by atomic mass is 32.1. The third-order valence-electron chi connectivity index (χ3n) is 6.39. The molecule has 41 heavy (non-hydrogen) atoms. The molecule has 1 aromatic heterocycles. The molecule has 0 aliphatic carbocycles. The Kier molecular flexibility index (Phi) is 9.60. The number of ketones is 1. The van der Waals surface area contributed by atoms with Crippen molar-refractivity contribution in [1.29, 1.82) is 0 Å². The predicted molar refractivity (Wildman–Crippen MR) is 160 cm³/mol. The Hall–Kier alpha value is -3.56. The van der Waals surface area contributed by atoms with Crippen LogP contribution in [0.3, 0.4) is 0 Å². The van der Waals surface area contributed by atoms with E-state index in [0.717, 1.165) is 10.1 Å². The van der Waals surface area contributed by atoms with Crippen LogP contribution in [0.25, 0.3) is 20.5 Å². The lowest BCUT2D eigenvalue weighted by Gasteiger charge is -2.20. The maximum atomic E-state index is 14.3. The van der Waals surface area contributed by atoms with Gasteiger partial charge in [0.15, 0.2) is 17.3 Å². The monoisotopic (exact) mass is 600 g/mol. The van der Waals surface area contributed by atoms with E-state index in [4.69, 9.17) is 32.7 Å². The molecule has 0 aliphatic heterocycles. The first-order valence-electron chi connectivity index (χ1n) is 12.8. The maximum absolute atomic E-state index is 14.3. The minimum Gasteiger partial charge on any atom is -0.497 e. The molecule has 4 rings (SSSR count). The third-order valence-corrected chi connectivity index (χ3v) is 9.72. The number of ether oxygens (including phenoxy) is 5. The number of thiophene rings is 1. The molecule has 3 aromatic carbocycles. The minimum absolute atomic E-state index is 0.179. The Balaban J connectivity index is 2.00. The Labute approximate surface area is 243 Å². The summed E-state index contributed by atoms with van der Waals surface area (Å²) in [5.41, 5.74) is 1.45. The van der Waals surface area contributed by atoms with Gasteiger partial charge in [-0.15, -0.1) is 11.3 Å². The van der Waals surface area contributed by atoms with Crippen LogP contribution < -0.4 is 29.0 Å². The number of benzene rings is 3. The molecule has 0 radical (unpaired) electrons. The highest BCUT2D eigenvalue weighted by molar-refractivity contribution is 7.62. The fraction of sp³-hybridized carbons (Fsp3) is 0.300. The second kappa shape index (κ2) is 13.0. The highest BCUT2D eigenvalue weighted by Crippen LogP contribution is 2.51. The average molecular weight is 601 g/mol. The SMILES string of the molecule is CCOP(=O)(OCC)c1cc(-c2sc3cc(OC)ccc3c2C(=O)c2cc(OC)c(OC)c(OC)c2)ccc1OC. The summed E-state index contributed by atoms with van der Waals surface area (Å²) in [6.45, 7) is 3.85. The van der Waals surface area contributed by atoms with Crippen molar-refractivity contribution in [3.63, 3.8) is 0 Å². The van der Waals surface area contributed by atoms with E-state index in [1.54, 1.807) is 45.2 Å². The quantitative estimate of drug-likeness (QED) is 0.122. The number of methoxy groups -OCH3 is 5. The molecule has 1 heterocycles. The number of fused-ring (bicyclic) bond motifs is 1. The molecule has 0 fully saturated rings. The van der Waals surface area contributed by atoms with E-state index in [1.807, 2.05) is 24.3 Å². The maximum Gasteiger partial charge on any atom is 0.365 e. The summed E-state index contributed by atoms with van der Waals surface area (Å²) >= 11 is 1.42. The van der Waals surface area contributed by atoms with Gasteiger partial charge in [0.05, 0.1) is 48.8 Å². The molecule has 0 saturated heterocycles. The lowest BCUT2D eigenvalue weighted by molar-refractivity contribution is 0.104. The zero-order valence-electron chi connectivity index (χ0n) is 24.1. The van der Waals surface area contributed by atoms with E-state index in [-0.39, 0.29) is 24.3 Å². The normalized spacial score (nSPS) is 11.4. The smallest absolute Gasteiger partial charge is 0.365 e. The van der Waals surface area contributed by atoms with Crippen LogP contribution in [0.1, 0.15) is 29.8 Å². The van der Waals surface area contributed by atoms with Crippen molar-refractivity contribution < 1.29 is 42.1 Å². The molecule has 0 spiro atoms. The summed E-state index contributed by atoms with van der Waals surface area (Å²) in [6, 6.07) is 14.0. The van der Waals surface area contributed by atoms with Gasteiger partial charge in [0.1, 0.15) is 16.8 Å². The summed E-state index contributed by atoms with van der Waals surface area (Å²) < 4.78 is 53.4. The van der Waals surface area contributed by atoms with Crippen LogP contribution in [0.15, 0.2) is 48.5 Å². The predicted octanol–water partition coefficient (Wildman–Crippen LogP) is 6.73. The molecule has 11 heteroatoms. The number of carbonyl (C=O) groups excluding carboxylic acids is 1. The highest BCUT2D eigenvalue weighted by Gasteiger charge is 2.32. The zero-order valence-corrected chi connectivity index (χ0v) is 25.8. The number of hydrogen-bond acceptors (Lipinski definition) is 10. The van der Waals surface area contributed by atoms with Gasteiger partial charge in [-0.2, -0.15) is 0 Å². The molecule has 9 nitrogen and oxygen atoms in total. The van der Waals surface area contributed by atoms with Crippen LogP contribution in [-0.4, -0.2) is 54.5 Å². The lowest BCUT2D eigenvalue weighted by Crippen LogP contribution is -2.14. The summed E-state index contributed by atoms with van der Waals surface area (Å²) in [7, 11) is 3.86. The Bertz CT molecular complexity index is 1580. The van der Waals surface area contributed by atoms with Gasteiger partial charge in [-0.3, -0.25) is 9.36 Å². The van der Waals surface area contributed by atoms with Crippen molar-refractivity contribution in [2.75, 3.05) is 48.8 Å². The molecule has 4 aromatic rings. The summed E-state index contributed by atoms with van der Waals surface area (Å²) in [4.78, 5) is 15.0. The first kappa shape index (κ1) is 30.4. The van der Waals surface area contributed by atoms with Crippen molar-refractivity contribution in [3.05, 3.63) is 59.7 Å². The largest absolute Gasteiger partial charge is 0.497 e. The zero-order chi connectivity index (χ0) is 29.7. The van der Waals surface area contributed by atoms with E-state index in [2.05, 4.69) is 0 Å². The third kappa shape index (κ3) is 5.78. The molecule has 0 N–H and O–H groups in total. The second-order valence-corrected chi connectivity index (χ2v) is 11.7. The molecule has 0 bridgehead atoms. The molecule has 0 amide bonds. The van der Waals surface area contributed by atoms with Gasteiger partial charge in [-0.25, -0.2) is 0 Å². The fourth-order valence-electron chi connectivity index (χ4n) is 4.55. The van der Waals surface area contributed by atoms with Crippen molar-refractivity contribution >= 4 is 40.1 Å². The van der Waals surface area contributed by atoms with Crippen LogP contribution in [0.5, 0.6) is 28.7 Å². The standard InChI is InChI=1S/C30H33O9PS/c1-8-38-40(32,39-9-2)25-16-18(10-13-22(25)34-4)30-27(21-12-11-20(33-3)17-26(21)41-30)28(31)19-14-23(35-5)29(37-7)24(15-19)36-6/h10-17H,8-9H2,1-7H3.